The smallest absolute Gasteiger partial charge is 0.759 e. The van der Waals surface area contributed by atoms with Crippen LogP contribution in [0.2, 0.25) is 0 Å². The van der Waals surface area contributed by atoms with Gasteiger partial charge in [0.25, 0.3) is 0 Å². The van der Waals surface area contributed by atoms with E-state index in [-0.39, 0.29) is 62.8 Å². The molecule has 0 heterocycles. The number of aryl methyl sites for hydroxylation is 2. The molecular formula is C26H48O10P2Pd2S. The van der Waals surface area contributed by atoms with E-state index in [0.29, 0.717) is 22.6 Å². The average Bonchev–Trinajstić information content (AvgIpc) is 2.68. The van der Waals surface area contributed by atoms with Crippen LogP contribution in [-0.2, 0) is 51.2 Å². The van der Waals surface area contributed by atoms with Gasteiger partial charge in [-0.25, -0.2) is 0 Å². The van der Waals surface area contributed by atoms with Crippen molar-refractivity contribution in [3.63, 3.8) is 0 Å². The molecule has 0 saturated carbocycles. The van der Waals surface area contributed by atoms with Gasteiger partial charge in [-0.1, -0.05) is 69.2 Å². The van der Waals surface area contributed by atoms with Crippen LogP contribution in [0.1, 0.15) is 66.5 Å². The second-order valence-electron chi connectivity index (χ2n) is 9.15. The van der Waals surface area contributed by atoms with Crippen LogP contribution in [-0.4, -0.2) is 62.1 Å². The van der Waals surface area contributed by atoms with Crippen LogP contribution in [0, 0.1) is 26.0 Å². The summed E-state index contributed by atoms with van der Waals surface area (Å²) in [6.07, 6.45) is 0. The quantitative estimate of drug-likeness (QED) is 0.125. The average molecular weight is 828 g/mol. The van der Waals surface area contributed by atoms with Crippen LogP contribution < -0.4 is 9.05 Å². The van der Waals surface area contributed by atoms with E-state index >= 15 is 0 Å². The maximum atomic E-state index is 8.52. The van der Waals surface area contributed by atoms with Crippen molar-refractivity contribution >= 4 is 26.7 Å². The minimum absolute atomic E-state index is 0. The normalized spacial score (nSPS) is 9.80. The maximum Gasteiger partial charge on any atom is 2.00 e. The standard InChI is InChI=1S/2C13H20OP.H2O4S.4H2O.2Pd/c2*1-10(2)15(11(3)4)14-13-8-6-7-12(5)9-13;1-5(2,3)4;;;;;;/h2*6-7,9-11H,1-5H3;(H2,1,2,3,4);4*1H2;;/q2*-1;;;;;;2*+2/p-2. The number of benzene rings is 2. The Labute approximate surface area is 277 Å². The molecule has 10 nitrogen and oxygen atoms in total. The molecule has 0 aromatic heterocycles. The molecule has 0 aliphatic heterocycles. The summed E-state index contributed by atoms with van der Waals surface area (Å²) in [6, 6.07) is 18.3. The Morgan fingerprint density at radius 3 is 1.02 bits per heavy atom. The van der Waals surface area contributed by atoms with Crippen LogP contribution in [0.5, 0.6) is 11.5 Å². The van der Waals surface area contributed by atoms with Gasteiger partial charge >= 0.3 is 40.8 Å². The van der Waals surface area contributed by atoms with Gasteiger partial charge in [-0.2, -0.15) is 35.4 Å². The minimum atomic E-state index is -5.17. The van der Waals surface area contributed by atoms with Gasteiger partial charge in [0.05, 0.1) is 16.3 Å². The molecule has 0 atom stereocenters. The minimum Gasteiger partial charge on any atom is -0.759 e. The van der Waals surface area contributed by atoms with E-state index < -0.39 is 26.7 Å². The first-order chi connectivity index (χ1) is 16.0. The summed E-state index contributed by atoms with van der Waals surface area (Å²) in [6.45, 7) is 21.9. The van der Waals surface area contributed by atoms with Crippen LogP contribution >= 0.6 is 16.3 Å². The SMILES string of the molecule is Cc1cc[c-]c(OP(C(C)C)C(C)C)c1.Cc1cc[c-]c(OP(C(C)C)C(C)C)c1.O.O.O.O.O=S(=O)([O-])[O-].[Pd+2].[Pd+2]. The van der Waals surface area contributed by atoms with Crippen molar-refractivity contribution in [2.75, 3.05) is 0 Å². The van der Waals surface area contributed by atoms with Gasteiger partial charge in [-0.3, -0.25) is 8.42 Å². The topological polar surface area (TPSA) is 225 Å². The van der Waals surface area contributed by atoms with Crippen LogP contribution in [0.25, 0.3) is 0 Å². The summed E-state index contributed by atoms with van der Waals surface area (Å²) in [7, 11) is -5.96. The first kappa shape index (κ1) is 56.7. The van der Waals surface area contributed by atoms with Crippen molar-refractivity contribution in [2.45, 2.75) is 91.9 Å². The molecule has 0 aliphatic carbocycles. The molecule has 8 N–H and O–H groups in total. The van der Waals surface area contributed by atoms with Crippen molar-refractivity contribution < 1.29 is 89.3 Å². The Bertz CT molecular complexity index is 895. The molecule has 2 aromatic rings. The van der Waals surface area contributed by atoms with E-state index in [0.717, 1.165) is 11.5 Å². The Morgan fingerprint density at radius 1 is 0.634 bits per heavy atom. The van der Waals surface area contributed by atoms with Gasteiger partial charge in [0.15, 0.2) is 0 Å². The first-order valence-corrected chi connectivity index (χ1v) is 15.7. The van der Waals surface area contributed by atoms with Gasteiger partial charge in [0, 0.05) is 44.5 Å². The summed E-state index contributed by atoms with van der Waals surface area (Å²) in [5.74, 6) is 1.78. The molecule has 248 valence electrons. The summed E-state index contributed by atoms with van der Waals surface area (Å²) >= 11 is 0. The van der Waals surface area contributed by atoms with Crippen molar-refractivity contribution in [3.05, 3.63) is 59.7 Å². The predicted molar refractivity (Wildman–Crippen MR) is 161 cm³/mol. The zero-order valence-corrected chi connectivity index (χ0v) is 30.9. The Morgan fingerprint density at radius 2 is 0.854 bits per heavy atom. The molecule has 0 bridgehead atoms. The van der Waals surface area contributed by atoms with Crippen LogP contribution in [0.3, 0.4) is 0 Å². The van der Waals surface area contributed by atoms with Gasteiger partial charge in [-0.15, -0.1) is 24.3 Å². The molecule has 2 rings (SSSR count). The largest absolute Gasteiger partial charge is 2.00 e. The van der Waals surface area contributed by atoms with E-state index in [9.17, 15) is 0 Å². The van der Waals surface area contributed by atoms with E-state index in [1.165, 1.54) is 11.1 Å². The summed E-state index contributed by atoms with van der Waals surface area (Å²) in [5.41, 5.74) is 4.82. The fraction of sp³-hybridized carbons (Fsp3) is 0.538. The van der Waals surface area contributed by atoms with Crippen molar-refractivity contribution in [3.8, 4) is 11.5 Å². The Kier molecular flexibility index (Phi) is 39.7. The molecule has 2 aromatic carbocycles. The van der Waals surface area contributed by atoms with Crippen LogP contribution in [0.4, 0.5) is 0 Å². The Hall–Kier alpha value is -0.0653. The fourth-order valence-electron chi connectivity index (χ4n) is 3.05. The summed E-state index contributed by atoms with van der Waals surface area (Å²) < 4.78 is 46.1. The van der Waals surface area contributed by atoms with Crippen molar-refractivity contribution in [2.24, 2.45) is 0 Å². The molecule has 0 aliphatic rings. The Balaban J connectivity index is -0.0000000860. The summed E-state index contributed by atoms with van der Waals surface area (Å²) in [4.78, 5) is 0. The van der Waals surface area contributed by atoms with Gasteiger partial charge in [0.2, 0.25) is 0 Å². The van der Waals surface area contributed by atoms with E-state index in [2.05, 4.69) is 93.5 Å². The van der Waals surface area contributed by atoms with Crippen molar-refractivity contribution in [1.82, 2.24) is 0 Å². The zero-order valence-electron chi connectivity index (χ0n) is 25.2. The van der Waals surface area contributed by atoms with E-state index in [4.69, 9.17) is 26.6 Å². The van der Waals surface area contributed by atoms with Crippen LogP contribution in [0.15, 0.2) is 36.4 Å². The van der Waals surface area contributed by atoms with E-state index in [1.54, 1.807) is 0 Å². The third-order valence-corrected chi connectivity index (χ3v) is 9.19. The predicted octanol–water partition coefficient (Wildman–Crippen LogP) is 4.13. The molecule has 0 saturated heterocycles. The molecule has 0 amide bonds. The van der Waals surface area contributed by atoms with Gasteiger partial charge in [-0.05, 0) is 0 Å². The first-order valence-electron chi connectivity index (χ1n) is 11.6. The fourth-order valence-corrected chi connectivity index (χ4v) is 6.94. The molecule has 0 radical (unpaired) electrons. The third-order valence-electron chi connectivity index (χ3n) is 4.30. The van der Waals surface area contributed by atoms with Crippen molar-refractivity contribution in [1.29, 1.82) is 0 Å². The molecule has 41 heavy (non-hydrogen) atoms. The molecule has 0 unspecified atom stereocenters. The maximum absolute atomic E-state index is 8.52. The third kappa shape index (κ3) is 29.8. The molecule has 15 heteroatoms. The molecule has 0 spiro atoms. The second kappa shape index (κ2) is 28.7. The number of hydrogen-bond acceptors (Lipinski definition) is 6. The van der Waals surface area contributed by atoms with E-state index in [1.807, 2.05) is 24.3 Å². The molecular weight excluding hydrogens is 779 g/mol. The van der Waals surface area contributed by atoms with Gasteiger partial charge in [0.1, 0.15) is 0 Å². The number of hydrogen-bond donors (Lipinski definition) is 0. The van der Waals surface area contributed by atoms with Gasteiger partial charge < -0.3 is 40.1 Å². The number of rotatable bonds is 8. The molecule has 0 fully saturated rings. The zero-order chi connectivity index (χ0) is 27.3. The second-order valence-corrected chi connectivity index (χ2v) is 15.9. The monoisotopic (exact) mass is 826 g/mol. The summed E-state index contributed by atoms with van der Waals surface area (Å²) in [5, 5.41) is 0.